The number of aromatic nitrogens is 5. The number of carbonyl (C=O) groups excluding carboxylic acids is 2. The third kappa shape index (κ3) is 5.56. The minimum atomic E-state index is -0.612. The predicted molar refractivity (Wildman–Crippen MR) is 122 cm³/mol. The van der Waals surface area contributed by atoms with Gasteiger partial charge in [-0.3, -0.25) is 5.32 Å². The second-order valence-corrected chi connectivity index (χ2v) is 7.98. The third-order valence-corrected chi connectivity index (χ3v) is 5.31. The lowest BCUT2D eigenvalue weighted by Gasteiger charge is -2.15. The summed E-state index contributed by atoms with van der Waals surface area (Å²) in [5.41, 5.74) is 0.627. The number of aryl methyl sites for hydroxylation is 1. The fraction of sp³-hybridized carbons (Fsp3) is 0.190. The van der Waals surface area contributed by atoms with Crippen molar-refractivity contribution in [1.29, 1.82) is 0 Å². The van der Waals surface area contributed by atoms with Gasteiger partial charge in [-0.1, -0.05) is 12.1 Å². The third-order valence-electron chi connectivity index (χ3n) is 4.64. The van der Waals surface area contributed by atoms with Crippen LogP contribution in [0.5, 0.6) is 5.75 Å². The Hall–Kier alpha value is -4.26. The average Bonchev–Trinajstić information content (AvgIpc) is 3.55. The van der Waals surface area contributed by atoms with Gasteiger partial charge in [-0.05, 0) is 29.8 Å². The highest BCUT2D eigenvalue weighted by molar-refractivity contribution is 7.09. The van der Waals surface area contributed by atoms with Gasteiger partial charge in [0.15, 0.2) is 17.4 Å². The molecule has 3 amide bonds. The van der Waals surface area contributed by atoms with Crippen molar-refractivity contribution in [2.45, 2.75) is 13.1 Å². The van der Waals surface area contributed by atoms with Crippen LogP contribution in [0.4, 0.5) is 19.1 Å². The quantitative estimate of drug-likeness (QED) is 0.416. The van der Waals surface area contributed by atoms with Gasteiger partial charge in [0, 0.05) is 44.6 Å². The van der Waals surface area contributed by atoms with Gasteiger partial charge in [-0.2, -0.15) is 9.47 Å². The summed E-state index contributed by atoms with van der Waals surface area (Å²) < 4.78 is 26.3. The van der Waals surface area contributed by atoms with Crippen LogP contribution in [0.1, 0.15) is 11.4 Å². The van der Waals surface area contributed by atoms with Gasteiger partial charge in [0.2, 0.25) is 5.13 Å². The molecule has 2 N–H and O–H groups in total. The molecule has 3 aromatic heterocycles. The number of carbonyl (C=O) groups is 2. The van der Waals surface area contributed by atoms with Crippen LogP contribution in [0.25, 0.3) is 5.82 Å². The first kappa shape index (κ1) is 22.9. The number of rotatable bonds is 7. The van der Waals surface area contributed by atoms with Crippen LogP contribution in [0.15, 0.2) is 55.0 Å². The Balaban J connectivity index is 1.30. The summed E-state index contributed by atoms with van der Waals surface area (Å²) in [6, 6.07) is 9.14. The molecule has 0 saturated carbocycles. The summed E-state index contributed by atoms with van der Waals surface area (Å²) in [6.07, 6.45) is 4.49. The molecule has 1 aromatic carbocycles. The summed E-state index contributed by atoms with van der Waals surface area (Å²) in [5, 5.41) is 9.60. The summed E-state index contributed by atoms with van der Waals surface area (Å²) in [5.74, 6) is 0.871. The van der Waals surface area contributed by atoms with Gasteiger partial charge in [0.25, 0.3) is 0 Å². The molecule has 0 unspecified atom stereocenters. The van der Waals surface area contributed by atoms with Crippen LogP contribution in [0.3, 0.4) is 0 Å². The molecule has 3 heterocycles. The van der Waals surface area contributed by atoms with E-state index in [9.17, 15) is 14.0 Å². The molecule has 0 aliphatic carbocycles. The van der Waals surface area contributed by atoms with E-state index in [0.29, 0.717) is 23.0 Å². The molecule has 176 valence electrons. The van der Waals surface area contributed by atoms with Gasteiger partial charge in [-0.15, -0.1) is 0 Å². The molecule has 0 aliphatic rings. The number of ether oxygens (including phenoxy) is 1. The summed E-state index contributed by atoms with van der Waals surface area (Å²) in [6.45, 7) is 0.226. The van der Waals surface area contributed by atoms with Gasteiger partial charge in [0.1, 0.15) is 5.82 Å². The van der Waals surface area contributed by atoms with E-state index in [1.165, 1.54) is 23.2 Å². The normalized spacial score (nSPS) is 10.7. The van der Waals surface area contributed by atoms with Crippen LogP contribution >= 0.6 is 11.5 Å². The van der Waals surface area contributed by atoms with Crippen LogP contribution in [-0.2, 0) is 20.1 Å². The number of hydrogen-bond donors (Lipinski definition) is 2. The molecular weight excluding hydrogens is 463 g/mol. The zero-order chi connectivity index (χ0) is 24.1. The predicted octanol–water partition coefficient (Wildman–Crippen LogP) is 3.15. The number of urea groups is 1. The molecule has 34 heavy (non-hydrogen) atoms. The van der Waals surface area contributed by atoms with E-state index in [1.807, 2.05) is 24.5 Å². The van der Waals surface area contributed by atoms with Gasteiger partial charge < -0.3 is 19.5 Å². The topological polar surface area (TPSA) is 119 Å². The summed E-state index contributed by atoms with van der Waals surface area (Å²) in [4.78, 5) is 30.2. The lowest BCUT2D eigenvalue weighted by atomic mass is 10.2. The molecule has 11 nitrogen and oxygen atoms in total. The highest BCUT2D eigenvalue weighted by Gasteiger charge is 2.19. The lowest BCUT2D eigenvalue weighted by molar-refractivity contribution is 0.159. The maximum Gasteiger partial charge on any atom is 0.415 e. The molecular formula is C21H21FN8O3S. The Morgan fingerprint density at radius 2 is 2.03 bits per heavy atom. The maximum atomic E-state index is 13.2. The summed E-state index contributed by atoms with van der Waals surface area (Å²) in [7, 11) is 3.30. The molecule has 0 atom stereocenters. The van der Waals surface area contributed by atoms with E-state index in [4.69, 9.17) is 4.74 Å². The molecule has 0 fully saturated rings. The monoisotopic (exact) mass is 484 g/mol. The van der Waals surface area contributed by atoms with E-state index < -0.39 is 12.1 Å². The molecule has 0 radical (unpaired) electrons. The first-order valence-electron chi connectivity index (χ1n) is 10.1. The number of nitrogens with zero attached hydrogens (tertiary/aromatic N) is 6. The van der Waals surface area contributed by atoms with Crippen molar-refractivity contribution < 1.29 is 18.7 Å². The second kappa shape index (κ2) is 10.1. The van der Waals surface area contributed by atoms with Crippen molar-refractivity contribution in [3.8, 4) is 11.6 Å². The first-order chi connectivity index (χ1) is 16.4. The van der Waals surface area contributed by atoms with E-state index in [-0.39, 0.29) is 24.0 Å². The molecule has 0 aliphatic heterocycles. The van der Waals surface area contributed by atoms with Crippen molar-refractivity contribution >= 4 is 28.8 Å². The minimum Gasteiger partial charge on any atom is -0.404 e. The molecule has 13 heteroatoms. The Morgan fingerprint density at radius 1 is 1.24 bits per heavy atom. The fourth-order valence-corrected chi connectivity index (χ4v) is 3.62. The second-order valence-electron chi connectivity index (χ2n) is 7.22. The molecule has 0 bridgehead atoms. The Morgan fingerprint density at radius 3 is 2.79 bits per heavy atom. The van der Waals surface area contributed by atoms with Crippen molar-refractivity contribution in [2.24, 2.45) is 7.05 Å². The Labute approximate surface area is 198 Å². The Kier molecular flexibility index (Phi) is 6.82. The van der Waals surface area contributed by atoms with E-state index in [1.54, 1.807) is 35.5 Å². The SMILES string of the molecule is CN(Cc1nsc(NC(=O)NCc2cccc(F)c2)n1)C(=O)Oc1cnn(C)c1-n1cccc1. The highest BCUT2D eigenvalue weighted by Crippen LogP contribution is 2.23. The first-order valence-corrected chi connectivity index (χ1v) is 10.9. The number of amides is 3. The van der Waals surface area contributed by atoms with Crippen LogP contribution in [-0.4, -0.2) is 47.8 Å². The Bertz CT molecular complexity index is 1290. The van der Waals surface area contributed by atoms with Crippen LogP contribution in [0, 0.1) is 5.82 Å². The van der Waals surface area contributed by atoms with Crippen LogP contribution < -0.4 is 15.4 Å². The van der Waals surface area contributed by atoms with Gasteiger partial charge in [0.05, 0.1) is 12.7 Å². The number of halogens is 1. The summed E-state index contributed by atoms with van der Waals surface area (Å²) >= 11 is 0.975. The van der Waals surface area contributed by atoms with E-state index in [2.05, 4.69) is 25.1 Å². The maximum absolute atomic E-state index is 13.2. The van der Waals surface area contributed by atoms with Crippen molar-refractivity contribution in [2.75, 3.05) is 12.4 Å². The standard InChI is InChI=1S/C21H21FN8O3S/c1-28(21(32)33-16-12-24-29(2)18(16)30-8-3-4-9-30)13-17-25-20(34-27-17)26-19(31)23-11-14-6-5-7-15(22)10-14/h3-10,12H,11,13H2,1-2H3,(H2,23,25,26,27,31). The van der Waals surface area contributed by atoms with Crippen molar-refractivity contribution in [3.63, 3.8) is 0 Å². The number of hydrogen-bond acceptors (Lipinski definition) is 7. The lowest BCUT2D eigenvalue weighted by Crippen LogP contribution is -2.30. The smallest absolute Gasteiger partial charge is 0.404 e. The van der Waals surface area contributed by atoms with Gasteiger partial charge >= 0.3 is 12.1 Å². The van der Waals surface area contributed by atoms with Crippen molar-refractivity contribution in [1.82, 2.24) is 33.9 Å². The minimum absolute atomic E-state index is 0.0705. The number of anilines is 1. The number of benzene rings is 1. The molecule has 0 saturated heterocycles. The van der Waals surface area contributed by atoms with E-state index >= 15 is 0 Å². The molecule has 0 spiro atoms. The van der Waals surface area contributed by atoms with E-state index in [0.717, 1.165) is 11.5 Å². The molecule has 4 aromatic rings. The molecule has 4 rings (SSSR count). The zero-order valence-electron chi connectivity index (χ0n) is 18.3. The largest absolute Gasteiger partial charge is 0.415 e. The fourth-order valence-electron chi connectivity index (χ4n) is 3.04. The van der Waals surface area contributed by atoms with Crippen LogP contribution in [0.2, 0.25) is 0 Å². The highest BCUT2D eigenvalue weighted by atomic mass is 32.1. The average molecular weight is 485 g/mol. The zero-order valence-corrected chi connectivity index (χ0v) is 19.1. The van der Waals surface area contributed by atoms with Gasteiger partial charge in [-0.25, -0.2) is 23.6 Å². The van der Waals surface area contributed by atoms with Crippen molar-refractivity contribution in [3.05, 3.63) is 72.2 Å². The number of nitrogens with one attached hydrogen (secondary N) is 2.